The van der Waals surface area contributed by atoms with Gasteiger partial charge in [0.15, 0.2) is 5.96 Å². The van der Waals surface area contributed by atoms with E-state index < -0.39 is 0 Å². The number of aliphatic imine (C=N–C) groups is 1. The average Bonchev–Trinajstić information content (AvgIpc) is 3.41. The number of rotatable bonds is 6. The standard InChI is InChI=1S/C25H32N6/c1-19-7-9-24(10-8-19)31-13-11-23(18-31)29-25(26-3)28-16-21-5-4-6-22(15-21)17-30-14-12-27-20(30)2/h4-10,12,14-15,23H,11,13,16-18H2,1-3H3,(H2,26,28,29). The fraction of sp³-hybridized carbons (Fsp3) is 0.360. The Hall–Kier alpha value is -3.28. The summed E-state index contributed by atoms with van der Waals surface area (Å²) in [5.41, 5.74) is 5.10. The Labute approximate surface area is 185 Å². The number of nitrogens with zero attached hydrogens (tertiary/aromatic N) is 4. The molecule has 6 heteroatoms. The van der Waals surface area contributed by atoms with Crippen molar-refractivity contribution in [1.82, 2.24) is 20.2 Å². The van der Waals surface area contributed by atoms with Crippen LogP contribution in [0.4, 0.5) is 5.69 Å². The maximum atomic E-state index is 4.43. The van der Waals surface area contributed by atoms with Crippen molar-refractivity contribution in [3.05, 3.63) is 83.4 Å². The molecule has 31 heavy (non-hydrogen) atoms. The Morgan fingerprint density at radius 2 is 1.94 bits per heavy atom. The summed E-state index contributed by atoms with van der Waals surface area (Å²) in [6.07, 6.45) is 4.97. The molecular formula is C25H32N6. The van der Waals surface area contributed by atoms with E-state index in [1.807, 2.05) is 26.4 Å². The summed E-state index contributed by atoms with van der Waals surface area (Å²) in [6.45, 7) is 7.79. The molecule has 2 heterocycles. The van der Waals surface area contributed by atoms with Gasteiger partial charge in [-0.25, -0.2) is 4.98 Å². The average molecular weight is 417 g/mol. The first-order valence-electron chi connectivity index (χ1n) is 10.9. The van der Waals surface area contributed by atoms with Gasteiger partial charge in [0, 0.05) is 57.3 Å². The van der Waals surface area contributed by atoms with Crippen molar-refractivity contribution < 1.29 is 0 Å². The zero-order chi connectivity index (χ0) is 21.6. The van der Waals surface area contributed by atoms with E-state index in [4.69, 9.17) is 0 Å². The minimum absolute atomic E-state index is 0.392. The van der Waals surface area contributed by atoms with Crippen molar-refractivity contribution in [1.29, 1.82) is 0 Å². The molecule has 1 unspecified atom stereocenters. The summed E-state index contributed by atoms with van der Waals surface area (Å²) in [6, 6.07) is 17.8. The van der Waals surface area contributed by atoms with Crippen LogP contribution < -0.4 is 15.5 Å². The molecule has 0 saturated carbocycles. The lowest BCUT2D eigenvalue weighted by molar-refractivity contribution is 0.648. The number of aryl methyl sites for hydroxylation is 2. The first-order chi connectivity index (χ1) is 15.1. The second-order valence-corrected chi connectivity index (χ2v) is 8.26. The molecule has 1 aliphatic heterocycles. The number of benzene rings is 2. The second-order valence-electron chi connectivity index (χ2n) is 8.26. The normalized spacial score (nSPS) is 16.5. The van der Waals surface area contributed by atoms with Crippen LogP contribution in [0.25, 0.3) is 0 Å². The summed E-state index contributed by atoms with van der Waals surface area (Å²) in [5, 5.41) is 7.06. The highest BCUT2D eigenvalue weighted by Crippen LogP contribution is 2.20. The van der Waals surface area contributed by atoms with E-state index in [0.717, 1.165) is 44.4 Å². The Morgan fingerprint density at radius 3 is 2.68 bits per heavy atom. The molecule has 0 spiro atoms. The van der Waals surface area contributed by atoms with Crippen LogP contribution in [0.2, 0.25) is 0 Å². The molecule has 162 valence electrons. The van der Waals surface area contributed by atoms with Crippen LogP contribution >= 0.6 is 0 Å². The van der Waals surface area contributed by atoms with Gasteiger partial charge in [0.05, 0.1) is 0 Å². The van der Waals surface area contributed by atoms with Crippen LogP contribution in [-0.4, -0.2) is 41.7 Å². The first kappa shape index (κ1) is 21.0. The number of anilines is 1. The van der Waals surface area contributed by atoms with Gasteiger partial charge in [-0.2, -0.15) is 0 Å². The quantitative estimate of drug-likeness (QED) is 0.477. The molecule has 1 saturated heterocycles. The summed E-state index contributed by atoms with van der Waals surface area (Å²) in [5.74, 6) is 1.89. The fourth-order valence-corrected chi connectivity index (χ4v) is 4.05. The van der Waals surface area contributed by atoms with Gasteiger partial charge >= 0.3 is 0 Å². The fourth-order valence-electron chi connectivity index (χ4n) is 4.05. The summed E-state index contributed by atoms with van der Waals surface area (Å²) in [4.78, 5) is 11.2. The molecule has 4 rings (SSSR count). The van der Waals surface area contributed by atoms with E-state index in [-0.39, 0.29) is 0 Å². The number of hydrogen-bond acceptors (Lipinski definition) is 3. The zero-order valence-electron chi connectivity index (χ0n) is 18.7. The van der Waals surface area contributed by atoms with E-state index in [0.29, 0.717) is 6.04 Å². The number of aromatic nitrogens is 2. The summed E-state index contributed by atoms with van der Waals surface area (Å²) in [7, 11) is 1.83. The molecule has 1 fully saturated rings. The van der Waals surface area contributed by atoms with Crippen LogP contribution in [0.5, 0.6) is 0 Å². The van der Waals surface area contributed by atoms with E-state index in [9.17, 15) is 0 Å². The van der Waals surface area contributed by atoms with E-state index >= 15 is 0 Å². The molecular weight excluding hydrogens is 384 g/mol. The smallest absolute Gasteiger partial charge is 0.191 e. The lowest BCUT2D eigenvalue weighted by atomic mass is 10.1. The minimum atomic E-state index is 0.392. The number of hydrogen-bond donors (Lipinski definition) is 2. The predicted octanol–water partition coefficient (Wildman–Crippen LogP) is 3.49. The molecule has 2 aromatic carbocycles. The topological polar surface area (TPSA) is 57.5 Å². The second kappa shape index (κ2) is 9.69. The molecule has 3 aromatic rings. The SMILES string of the molecule is CN=C(NCc1cccc(Cn2ccnc2C)c1)NC1CCN(c2ccc(C)cc2)C1. The predicted molar refractivity (Wildman–Crippen MR) is 128 cm³/mol. The van der Waals surface area contributed by atoms with Gasteiger partial charge in [-0.3, -0.25) is 4.99 Å². The van der Waals surface area contributed by atoms with Crippen LogP contribution in [0.3, 0.4) is 0 Å². The summed E-state index contributed by atoms with van der Waals surface area (Å²) >= 11 is 0. The highest BCUT2D eigenvalue weighted by molar-refractivity contribution is 5.80. The van der Waals surface area contributed by atoms with Crippen molar-refractivity contribution in [2.24, 2.45) is 4.99 Å². The number of guanidine groups is 1. The highest BCUT2D eigenvalue weighted by Gasteiger charge is 2.23. The maximum absolute atomic E-state index is 4.43. The van der Waals surface area contributed by atoms with E-state index in [2.05, 4.69) is 85.5 Å². The highest BCUT2D eigenvalue weighted by atomic mass is 15.2. The summed E-state index contributed by atoms with van der Waals surface area (Å²) < 4.78 is 2.16. The van der Waals surface area contributed by atoms with Crippen molar-refractivity contribution in [3.8, 4) is 0 Å². The first-order valence-corrected chi connectivity index (χ1v) is 10.9. The largest absolute Gasteiger partial charge is 0.369 e. The molecule has 1 aromatic heterocycles. The third-order valence-electron chi connectivity index (χ3n) is 5.88. The van der Waals surface area contributed by atoms with Gasteiger partial charge in [-0.15, -0.1) is 0 Å². The zero-order valence-corrected chi connectivity index (χ0v) is 18.7. The third kappa shape index (κ3) is 5.45. The van der Waals surface area contributed by atoms with Crippen LogP contribution in [0.15, 0.2) is 65.9 Å². The van der Waals surface area contributed by atoms with Gasteiger partial charge in [-0.1, -0.05) is 42.0 Å². The Kier molecular flexibility index (Phi) is 6.55. The molecule has 2 N–H and O–H groups in total. The van der Waals surface area contributed by atoms with Crippen LogP contribution in [0.1, 0.15) is 28.9 Å². The Balaban J connectivity index is 1.29. The van der Waals surface area contributed by atoms with Gasteiger partial charge in [0.1, 0.15) is 5.82 Å². The van der Waals surface area contributed by atoms with Gasteiger partial charge in [-0.05, 0) is 43.5 Å². The molecule has 1 atom stereocenters. The van der Waals surface area contributed by atoms with Crippen molar-refractivity contribution in [2.75, 3.05) is 25.0 Å². The maximum Gasteiger partial charge on any atom is 0.191 e. The molecule has 0 radical (unpaired) electrons. The van der Waals surface area contributed by atoms with E-state index in [1.165, 1.54) is 22.4 Å². The van der Waals surface area contributed by atoms with Crippen LogP contribution in [0, 0.1) is 13.8 Å². The molecule has 1 aliphatic rings. The third-order valence-corrected chi connectivity index (χ3v) is 5.88. The monoisotopic (exact) mass is 416 g/mol. The lowest BCUT2D eigenvalue weighted by Crippen LogP contribution is -2.44. The lowest BCUT2D eigenvalue weighted by Gasteiger charge is -2.20. The molecule has 0 bridgehead atoms. The van der Waals surface area contributed by atoms with Crippen LogP contribution in [-0.2, 0) is 13.1 Å². The molecule has 0 amide bonds. The minimum Gasteiger partial charge on any atom is -0.369 e. The Bertz CT molecular complexity index is 1020. The molecule has 6 nitrogen and oxygen atoms in total. The van der Waals surface area contributed by atoms with Crippen molar-refractivity contribution >= 4 is 11.6 Å². The van der Waals surface area contributed by atoms with Crippen molar-refractivity contribution in [2.45, 2.75) is 39.4 Å². The number of imidazole rings is 1. The van der Waals surface area contributed by atoms with Gasteiger partial charge in [0.2, 0.25) is 0 Å². The van der Waals surface area contributed by atoms with Crippen molar-refractivity contribution in [3.63, 3.8) is 0 Å². The van der Waals surface area contributed by atoms with E-state index in [1.54, 1.807) is 0 Å². The number of nitrogens with one attached hydrogen (secondary N) is 2. The van der Waals surface area contributed by atoms with Gasteiger partial charge in [0.25, 0.3) is 0 Å². The van der Waals surface area contributed by atoms with Gasteiger partial charge < -0.3 is 20.1 Å². The Morgan fingerprint density at radius 1 is 1.13 bits per heavy atom. The molecule has 0 aliphatic carbocycles.